The maximum Gasteiger partial charge on any atom is 0.221 e. The molecule has 2 aromatic rings. The van der Waals surface area contributed by atoms with Crippen LogP contribution >= 0.6 is 0 Å². The zero-order chi connectivity index (χ0) is 21.9. The lowest BCUT2D eigenvalue weighted by molar-refractivity contribution is -0.121. The Morgan fingerprint density at radius 3 is 2.53 bits per heavy atom. The topological polar surface area (TPSA) is 139 Å². The van der Waals surface area contributed by atoms with E-state index < -0.39 is 0 Å². The third-order valence-corrected chi connectivity index (χ3v) is 4.87. The molecule has 0 aliphatic rings. The van der Waals surface area contributed by atoms with Crippen molar-refractivity contribution in [1.29, 1.82) is 0 Å². The number of hydrogen-bond donors (Lipinski definition) is 3. The number of nitrogen functional groups attached to an aromatic ring is 2. The first kappa shape index (κ1) is 23.4. The van der Waals surface area contributed by atoms with Crippen molar-refractivity contribution in [3.05, 3.63) is 35.0 Å². The molecule has 0 saturated heterocycles. The van der Waals surface area contributed by atoms with Crippen LogP contribution in [0.25, 0.3) is 0 Å². The summed E-state index contributed by atoms with van der Waals surface area (Å²) >= 11 is 0. The van der Waals surface area contributed by atoms with E-state index in [1.54, 1.807) is 13.3 Å². The van der Waals surface area contributed by atoms with Gasteiger partial charge in [-0.25, -0.2) is 4.98 Å². The number of carbonyl (C=O) groups excluding carboxylic acids is 1. The Labute approximate surface area is 178 Å². The molecule has 0 fully saturated rings. The lowest BCUT2D eigenvalue weighted by Crippen LogP contribution is -2.12. The zero-order valence-electron chi connectivity index (χ0n) is 17.9. The molecule has 0 radical (unpaired) electrons. The molecule has 0 amide bonds. The molecule has 0 aliphatic heterocycles. The first-order valence-electron chi connectivity index (χ1n) is 10.3. The number of aromatic nitrogens is 2. The number of hydrogen-bond acceptors (Lipinski definition) is 8. The number of aryl methyl sites for hydroxylation is 1. The minimum atomic E-state index is 0.0398. The van der Waals surface area contributed by atoms with E-state index in [1.807, 2.05) is 19.1 Å². The Morgan fingerprint density at radius 1 is 1.10 bits per heavy atom. The van der Waals surface area contributed by atoms with Gasteiger partial charge in [0.25, 0.3) is 0 Å². The number of nitrogens with two attached hydrogens (primary N) is 3. The van der Waals surface area contributed by atoms with Crippen LogP contribution in [0.15, 0.2) is 18.3 Å². The van der Waals surface area contributed by atoms with Crippen LogP contribution in [0.1, 0.15) is 55.2 Å². The second-order valence-corrected chi connectivity index (χ2v) is 7.39. The Bertz CT molecular complexity index is 842. The lowest BCUT2D eigenvalue weighted by Gasteiger charge is -2.15. The van der Waals surface area contributed by atoms with Gasteiger partial charge in [0.15, 0.2) is 17.3 Å². The van der Waals surface area contributed by atoms with Gasteiger partial charge >= 0.3 is 0 Å². The normalized spacial score (nSPS) is 10.8. The molecule has 2 rings (SSSR count). The number of rotatable bonds is 13. The van der Waals surface area contributed by atoms with E-state index >= 15 is 0 Å². The predicted octanol–water partition coefficient (Wildman–Crippen LogP) is 2.80. The molecule has 8 heteroatoms. The average Bonchev–Trinajstić information content (AvgIpc) is 2.71. The molecule has 0 unspecified atom stereocenters. The molecule has 1 heterocycles. The molecule has 164 valence electrons. The Kier molecular flexibility index (Phi) is 9.34. The van der Waals surface area contributed by atoms with E-state index in [0.29, 0.717) is 30.2 Å². The van der Waals surface area contributed by atoms with Crippen LogP contribution in [0.2, 0.25) is 0 Å². The first-order valence-corrected chi connectivity index (χ1v) is 10.3. The average molecular weight is 416 g/mol. The fourth-order valence-corrected chi connectivity index (χ4v) is 3.26. The molecule has 1 aromatic heterocycles. The van der Waals surface area contributed by atoms with Gasteiger partial charge in [0, 0.05) is 24.6 Å². The molecule has 1 aromatic carbocycles. The minimum Gasteiger partial charge on any atom is -0.493 e. The molecular weight excluding hydrogens is 382 g/mol. The van der Waals surface area contributed by atoms with Crippen molar-refractivity contribution in [2.24, 2.45) is 5.73 Å². The number of carbonyl (C=O) groups is 1. The Morgan fingerprint density at radius 2 is 1.83 bits per heavy atom. The van der Waals surface area contributed by atoms with Gasteiger partial charge in [0.05, 0.1) is 7.11 Å². The number of ether oxygens (including phenoxy) is 2. The van der Waals surface area contributed by atoms with E-state index in [9.17, 15) is 4.79 Å². The highest BCUT2D eigenvalue weighted by Crippen LogP contribution is 2.33. The molecule has 30 heavy (non-hydrogen) atoms. The van der Waals surface area contributed by atoms with Crippen molar-refractivity contribution in [3.8, 4) is 11.5 Å². The smallest absolute Gasteiger partial charge is 0.221 e. The van der Waals surface area contributed by atoms with Gasteiger partial charge in [-0.2, -0.15) is 4.98 Å². The van der Waals surface area contributed by atoms with E-state index in [1.165, 1.54) is 0 Å². The van der Waals surface area contributed by atoms with Gasteiger partial charge in [-0.1, -0.05) is 25.3 Å². The van der Waals surface area contributed by atoms with Gasteiger partial charge in [-0.3, -0.25) is 4.79 Å². The van der Waals surface area contributed by atoms with Crippen molar-refractivity contribution in [2.75, 3.05) is 31.7 Å². The molecule has 0 atom stereocenters. The summed E-state index contributed by atoms with van der Waals surface area (Å²) in [7, 11) is 1.58. The zero-order valence-corrected chi connectivity index (χ0v) is 17.9. The molecule has 0 aliphatic carbocycles. The lowest BCUT2D eigenvalue weighted by atomic mass is 10.0. The standard InChI is InChI=1S/C22H33N5O3/c1-15-10-16(11-17-13-26-22(25)27-21(17)24)12-19(29-2)20(15)30-14-18(28)8-6-4-3-5-7-9-23/h10,12-13H,3-9,11,14,23H2,1-2H3,(H4,24,25,26,27). The quantitative estimate of drug-likeness (QED) is 0.424. The van der Waals surface area contributed by atoms with Crippen LogP contribution in [0.3, 0.4) is 0 Å². The second kappa shape index (κ2) is 12.0. The maximum atomic E-state index is 12.2. The van der Waals surface area contributed by atoms with Gasteiger partial charge < -0.3 is 26.7 Å². The van der Waals surface area contributed by atoms with E-state index in [2.05, 4.69) is 9.97 Å². The summed E-state index contributed by atoms with van der Waals surface area (Å²) in [6.07, 6.45) is 7.89. The number of Topliss-reactive ketones (excluding diaryl/α,β-unsaturated/α-hetero) is 1. The third-order valence-electron chi connectivity index (χ3n) is 4.87. The molecule has 6 N–H and O–H groups in total. The Balaban J connectivity index is 1.94. The summed E-state index contributed by atoms with van der Waals surface area (Å²) in [5, 5.41) is 0. The number of unbranched alkanes of at least 4 members (excludes halogenated alkanes) is 4. The summed E-state index contributed by atoms with van der Waals surface area (Å²) in [5.74, 6) is 1.75. The second-order valence-electron chi connectivity index (χ2n) is 7.39. The van der Waals surface area contributed by atoms with Crippen LogP contribution in [-0.4, -0.2) is 36.0 Å². The number of anilines is 2. The van der Waals surface area contributed by atoms with Gasteiger partial charge in [-0.15, -0.1) is 0 Å². The van der Waals surface area contributed by atoms with E-state index in [0.717, 1.165) is 55.3 Å². The molecule has 0 spiro atoms. The monoisotopic (exact) mass is 415 g/mol. The maximum absolute atomic E-state index is 12.2. The largest absolute Gasteiger partial charge is 0.493 e. The van der Waals surface area contributed by atoms with Crippen molar-refractivity contribution in [2.45, 2.75) is 51.9 Å². The van der Waals surface area contributed by atoms with Crippen LogP contribution in [0.4, 0.5) is 11.8 Å². The van der Waals surface area contributed by atoms with Gasteiger partial charge in [0.2, 0.25) is 5.95 Å². The number of benzene rings is 1. The van der Waals surface area contributed by atoms with Crippen LogP contribution in [0, 0.1) is 6.92 Å². The Hall–Kier alpha value is -2.87. The fraction of sp³-hybridized carbons (Fsp3) is 0.500. The summed E-state index contributed by atoms with van der Waals surface area (Å²) < 4.78 is 11.3. The summed E-state index contributed by atoms with van der Waals surface area (Å²) in [6, 6.07) is 3.86. The summed E-state index contributed by atoms with van der Waals surface area (Å²) in [4.78, 5) is 20.2. The molecular formula is C22H33N5O3. The SMILES string of the molecule is COc1cc(Cc2cnc(N)nc2N)cc(C)c1OCC(=O)CCCCCCCN. The van der Waals surface area contributed by atoms with Crippen LogP contribution < -0.4 is 26.7 Å². The van der Waals surface area contributed by atoms with Crippen molar-refractivity contribution in [3.63, 3.8) is 0 Å². The van der Waals surface area contributed by atoms with Crippen molar-refractivity contribution >= 4 is 17.5 Å². The van der Waals surface area contributed by atoms with Crippen molar-refractivity contribution in [1.82, 2.24) is 9.97 Å². The van der Waals surface area contributed by atoms with Crippen LogP contribution in [0.5, 0.6) is 11.5 Å². The molecule has 0 saturated carbocycles. The first-order chi connectivity index (χ1) is 14.4. The van der Waals surface area contributed by atoms with E-state index in [4.69, 9.17) is 26.7 Å². The molecule has 0 bridgehead atoms. The number of methoxy groups -OCH3 is 1. The highest BCUT2D eigenvalue weighted by Gasteiger charge is 2.14. The van der Waals surface area contributed by atoms with Crippen molar-refractivity contribution < 1.29 is 14.3 Å². The van der Waals surface area contributed by atoms with Crippen LogP contribution in [-0.2, 0) is 11.2 Å². The van der Waals surface area contributed by atoms with Gasteiger partial charge in [-0.05, 0) is 43.5 Å². The highest BCUT2D eigenvalue weighted by atomic mass is 16.5. The minimum absolute atomic E-state index is 0.0398. The summed E-state index contributed by atoms with van der Waals surface area (Å²) in [5.41, 5.74) is 19.6. The predicted molar refractivity (Wildman–Crippen MR) is 119 cm³/mol. The summed E-state index contributed by atoms with van der Waals surface area (Å²) in [6.45, 7) is 2.69. The van der Waals surface area contributed by atoms with E-state index in [-0.39, 0.29) is 18.3 Å². The highest BCUT2D eigenvalue weighted by molar-refractivity contribution is 5.80. The fourth-order valence-electron chi connectivity index (χ4n) is 3.26. The molecule has 8 nitrogen and oxygen atoms in total. The number of ketones is 1. The number of nitrogens with zero attached hydrogens (tertiary/aromatic N) is 2. The van der Waals surface area contributed by atoms with Gasteiger partial charge in [0.1, 0.15) is 12.4 Å². The third kappa shape index (κ3) is 7.18.